The summed E-state index contributed by atoms with van der Waals surface area (Å²) in [6.45, 7) is 2.37. The number of hydrogen-bond acceptors (Lipinski definition) is 3. The smallest absolute Gasteiger partial charge is 0.247 e. The standard InChI is InChI=1S/C22H20BrN3O2/c1-2-19(27)26-13-17(14-8-10-16(23)11-9-14)21(26)22(28)25-18-7-3-5-15-6-4-12-24-20(15)18/h3-12,17,21H,2,13H2,1H3,(H,25,28)/t17-,21-/m1/s1. The van der Waals surface area contributed by atoms with Gasteiger partial charge in [0.2, 0.25) is 11.8 Å². The molecule has 0 aliphatic carbocycles. The van der Waals surface area contributed by atoms with Crippen LogP contribution in [0.1, 0.15) is 24.8 Å². The van der Waals surface area contributed by atoms with Crippen molar-refractivity contribution in [2.45, 2.75) is 25.3 Å². The van der Waals surface area contributed by atoms with Crippen molar-refractivity contribution in [1.29, 1.82) is 0 Å². The number of amides is 2. The maximum absolute atomic E-state index is 13.2. The Balaban J connectivity index is 1.63. The third-order valence-electron chi connectivity index (χ3n) is 5.19. The number of halogens is 1. The number of likely N-dealkylation sites (tertiary alicyclic amines) is 1. The van der Waals surface area contributed by atoms with E-state index in [9.17, 15) is 9.59 Å². The van der Waals surface area contributed by atoms with Crippen LogP contribution in [-0.4, -0.2) is 34.3 Å². The highest BCUT2D eigenvalue weighted by atomic mass is 79.9. The first kappa shape index (κ1) is 18.6. The van der Waals surface area contributed by atoms with Gasteiger partial charge in [0.25, 0.3) is 0 Å². The summed E-state index contributed by atoms with van der Waals surface area (Å²) in [5, 5.41) is 3.96. The summed E-state index contributed by atoms with van der Waals surface area (Å²) in [6.07, 6.45) is 2.09. The Morgan fingerprint density at radius 2 is 1.89 bits per heavy atom. The van der Waals surface area contributed by atoms with Gasteiger partial charge in [-0.1, -0.05) is 53.2 Å². The van der Waals surface area contributed by atoms with Gasteiger partial charge in [0.15, 0.2) is 0 Å². The molecule has 4 rings (SSSR count). The van der Waals surface area contributed by atoms with Crippen molar-refractivity contribution < 1.29 is 9.59 Å². The number of aromatic nitrogens is 1. The SMILES string of the molecule is CCC(=O)N1C[C@H](c2ccc(Br)cc2)[C@@H]1C(=O)Nc1cccc2cccnc12. The largest absolute Gasteiger partial charge is 0.329 e. The number of para-hydroxylation sites is 1. The summed E-state index contributed by atoms with van der Waals surface area (Å²) in [5.74, 6) is -0.213. The molecule has 0 radical (unpaired) electrons. The van der Waals surface area contributed by atoms with Gasteiger partial charge in [-0.25, -0.2) is 0 Å². The fraction of sp³-hybridized carbons (Fsp3) is 0.227. The van der Waals surface area contributed by atoms with Crippen LogP contribution < -0.4 is 5.32 Å². The average molecular weight is 438 g/mol. The van der Waals surface area contributed by atoms with Crippen LogP contribution in [0, 0.1) is 0 Å². The Morgan fingerprint density at radius 1 is 1.14 bits per heavy atom. The number of pyridine rings is 1. The van der Waals surface area contributed by atoms with E-state index >= 15 is 0 Å². The number of nitrogens with one attached hydrogen (secondary N) is 1. The lowest BCUT2D eigenvalue weighted by Gasteiger charge is -2.47. The Bertz CT molecular complexity index is 1030. The summed E-state index contributed by atoms with van der Waals surface area (Å²) >= 11 is 3.44. The molecule has 1 fully saturated rings. The first-order valence-corrected chi connectivity index (χ1v) is 10.1. The second-order valence-electron chi connectivity index (χ2n) is 6.87. The number of carbonyl (C=O) groups is 2. The van der Waals surface area contributed by atoms with Crippen molar-refractivity contribution in [3.05, 3.63) is 70.8 Å². The lowest BCUT2D eigenvalue weighted by molar-refractivity contribution is -0.147. The van der Waals surface area contributed by atoms with E-state index in [-0.39, 0.29) is 17.7 Å². The Labute approximate surface area is 171 Å². The van der Waals surface area contributed by atoms with Crippen LogP contribution in [0.2, 0.25) is 0 Å². The molecular weight excluding hydrogens is 418 g/mol. The third kappa shape index (κ3) is 3.40. The molecule has 0 unspecified atom stereocenters. The second-order valence-corrected chi connectivity index (χ2v) is 7.79. The van der Waals surface area contributed by atoms with Crippen LogP contribution in [0.4, 0.5) is 5.69 Å². The number of fused-ring (bicyclic) bond motifs is 1. The molecule has 2 aromatic carbocycles. The lowest BCUT2D eigenvalue weighted by Crippen LogP contribution is -2.62. The van der Waals surface area contributed by atoms with Gasteiger partial charge in [-0.3, -0.25) is 14.6 Å². The van der Waals surface area contributed by atoms with Gasteiger partial charge in [0.1, 0.15) is 6.04 Å². The lowest BCUT2D eigenvalue weighted by atomic mass is 9.81. The summed E-state index contributed by atoms with van der Waals surface area (Å²) in [5.41, 5.74) is 2.46. The van der Waals surface area contributed by atoms with Gasteiger partial charge in [-0.15, -0.1) is 0 Å². The minimum absolute atomic E-state index is 0.00967. The quantitative estimate of drug-likeness (QED) is 0.659. The predicted octanol–water partition coefficient (Wildman–Crippen LogP) is 4.34. The zero-order valence-corrected chi connectivity index (χ0v) is 17.0. The molecule has 1 aliphatic heterocycles. The molecule has 3 aromatic rings. The first-order valence-electron chi connectivity index (χ1n) is 9.28. The van der Waals surface area contributed by atoms with Gasteiger partial charge < -0.3 is 10.2 Å². The van der Waals surface area contributed by atoms with Crippen LogP contribution in [-0.2, 0) is 9.59 Å². The van der Waals surface area contributed by atoms with Crippen molar-refractivity contribution in [3.63, 3.8) is 0 Å². The highest BCUT2D eigenvalue weighted by molar-refractivity contribution is 9.10. The molecule has 28 heavy (non-hydrogen) atoms. The minimum Gasteiger partial charge on any atom is -0.329 e. The zero-order chi connectivity index (χ0) is 19.7. The summed E-state index contributed by atoms with van der Waals surface area (Å²) in [4.78, 5) is 31.6. The van der Waals surface area contributed by atoms with Crippen molar-refractivity contribution in [3.8, 4) is 0 Å². The Kier molecular flexibility index (Phi) is 5.13. The van der Waals surface area contributed by atoms with Crippen LogP contribution in [0.25, 0.3) is 10.9 Å². The molecule has 0 spiro atoms. The van der Waals surface area contributed by atoms with E-state index in [1.54, 1.807) is 11.1 Å². The fourth-order valence-electron chi connectivity index (χ4n) is 3.70. The van der Waals surface area contributed by atoms with Crippen molar-refractivity contribution in [2.24, 2.45) is 0 Å². The fourth-order valence-corrected chi connectivity index (χ4v) is 3.96. The molecule has 5 nitrogen and oxygen atoms in total. The van der Waals surface area contributed by atoms with Gasteiger partial charge in [0, 0.05) is 34.9 Å². The molecule has 2 heterocycles. The van der Waals surface area contributed by atoms with Crippen LogP contribution in [0.5, 0.6) is 0 Å². The van der Waals surface area contributed by atoms with E-state index in [4.69, 9.17) is 0 Å². The molecule has 142 valence electrons. The van der Waals surface area contributed by atoms with Gasteiger partial charge in [-0.05, 0) is 29.8 Å². The van der Waals surface area contributed by atoms with E-state index in [1.807, 2.05) is 61.5 Å². The normalized spacial score (nSPS) is 18.6. The summed E-state index contributed by atoms with van der Waals surface area (Å²) < 4.78 is 0.986. The maximum Gasteiger partial charge on any atom is 0.247 e. The van der Waals surface area contributed by atoms with E-state index in [0.717, 1.165) is 20.9 Å². The number of rotatable bonds is 4. The molecule has 0 bridgehead atoms. The molecule has 1 N–H and O–H groups in total. The first-order chi connectivity index (χ1) is 13.6. The Morgan fingerprint density at radius 3 is 2.64 bits per heavy atom. The van der Waals surface area contributed by atoms with Crippen molar-refractivity contribution >= 4 is 44.3 Å². The number of nitrogens with zero attached hydrogens (tertiary/aromatic N) is 2. The number of benzene rings is 2. The zero-order valence-electron chi connectivity index (χ0n) is 15.4. The molecule has 2 amide bonds. The van der Waals surface area contributed by atoms with Crippen LogP contribution in [0.15, 0.2) is 65.3 Å². The van der Waals surface area contributed by atoms with E-state index in [0.29, 0.717) is 18.7 Å². The van der Waals surface area contributed by atoms with Crippen molar-refractivity contribution in [1.82, 2.24) is 9.88 Å². The summed E-state index contributed by atoms with van der Waals surface area (Å²) in [7, 11) is 0. The van der Waals surface area contributed by atoms with E-state index < -0.39 is 6.04 Å². The van der Waals surface area contributed by atoms with Gasteiger partial charge >= 0.3 is 0 Å². The van der Waals surface area contributed by atoms with Crippen LogP contribution >= 0.6 is 15.9 Å². The monoisotopic (exact) mass is 437 g/mol. The molecular formula is C22H20BrN3O2. The number of hydrogen-bond donors (Lipinski definition) is 1. The predicted molar refractivity (Wildman–Crippen MR) is 113 cm³/mol. The molecule has 1 saturated heterocycles. The molecule has 1 aromatic heterocycles. The molecule has 6 heteroatoms. The van der Waals surface area contributed by atoms with E-state index in [1.165, 1.54) is 0 Å². The van der Waals surface area contributed by atoms with Crippen molar-refractivity contribution in [2.75, 3.05) is 11.9 Å². The van der Waals surface area contributed by atoms with Gasteiger partial charge in [0.05, 0.1) is 11.2 Å². The molecule has 0 saturated carbocycles. The average Bonchev–Trinajstić information content (AvgIpc) is 2.69. The van der Waals surface area contributed by atoms with E-state index in [2.05, 4.69) is 26.2 Å². The van der Waals surface area contributed by atoms with Crippen LogP contribution in [0.3, 0.4) is 0 Å². The maximum atomic E-state index is 13.2. The third-order valence-corrected chi connectivity index (χ3v) is 5.72. The Hall–Kier alpha value is -2.73. The van der Waals surface area contributed by atoms with Gasteiger partial charge in [-0.2, -0.15) is 0 Å². The summed E-state index contributed by atoms with van der Waals surface area (Å²) in [6, 6.07) is 16.9. The highest BCUT2D eigenvalue weighted by Crippen LogP contribution is 2.36. The number of carbonyl (C=O) groups excluding carboxylic acids is 2. The second kappa shape index (κ2) is 7.72. The topological polar surface area (TPSA) is 62.3 Å². The highest BCUT2D eigenvalue weighted by Gasteiger charge is 2.46. The molecule has 1 aliphatic rings. The molecule has 2 atom stereocenters. The minimum atomic E-state index is -0.521. The number of anilines is 1.